The van der Waals surface area contributed by atoms with E-state index in [0.717, 1.165) is 34.3 Å². The molecular weight excluding hydrogens is 721 g/mol. The lowest BCUT2D eigenvalue weighted by Gasteiger charge is -2.42. The smallest absolute Gasteiger partial charge is 0.249 e. The molecule has 0 saturated carbocycles. The third-order valence-electron chi connectivity index (χ3n) is 12.9. The predicted octanol–water partition coefficient (Wildman–Crippen LogP) is 12.9. The zero-order chi connectivity index (χ0) is 42.4. The fourth-order valence-electron chi connectivity index (χ4n) is 10.0. The van der Waals surface area contributed by atoms with Gasteiger partial charge in [-0.05, 0) is 116 Å². The summed E-state index contributed by atoms with van der Waals surface area (Å²) >= 11 is 0. The average molecular weight is 782 g/mol. The first kappa shape index (κ1) is 39.1. The van der Waals surface area contributed by atoms with Crippen molar-refractivity contribution in [1.82, 2.24) is 14.3 Å². The number of nitrogens with zero attached hydrogens (tertiary/aromatic N) is 4. The number of imidazole rings is 1. The summed E-state index contributed by atoms with van der Waals surface area (Å²) in [6, 6.07) is 34.4. The molecule has 0 saturated heterocycles. The van der Waals surface area contributed by atoms with Crippen molar-refractivity contribution >= 4 is 11.0 Å². The van der Waals surface area contributed by atoms with Gasteiger partial charge >= 0.3 is 0 Å². The fraction of sp³-hybridized carbons (Fsp3) is 0.370. The van der Waals surface area contributed by atoms with Crippen molar-refractivity contribution in [3.8, 4) is 34.0 Å². The zero-order valence-corrected chi connectivity index (χ0v) is 37.9. The maximum absolute atomic E-state index is 6.83. The van der Waals surface area contributed by atoms with Crippen molar-refractivity contribution in [2.75, 3.05) is 0 Å². The van der Waals surface area contributed by atoms with Crippen LogP contribution in [0.1, 0.15) is 139 Å². The number of para-hydroxylation sites is 1. The molecule has 3 heterocycles. The summed E-state index contributed by atoms with van der Waals surface area (Å²) in [6.07, 6.45) is 2.25. The minimum Gasteiger partial charge on any atom is -0.457 e. The summed E-state index contributed by atoms with van der Waals surface area (Å²) in [5, 5.41) is 4.75. The molecule has 5 aromatic carbocycles. The summed E-state index contributed by atoms with van der Waals surface area (Å²) in [5.41, 5.74) is 19.4. The molecule has 0 fully saturated rings. The van der Waals surface area contributed by atoms with Crippen molar-refractivity contribution in [3.63, 3.8) is 0 Å². The third kappa shape index (κ3) is 5.85. The summed E-state index contributed by atoms with van der Waals surface area (Å²) < 4.78 is 13.5. The topological polar surface area (TPSA) is 35.9 Å². The molecule has 0 amide bonds. The molecule has 0 unspecified atom stereocenters. The maximum atomic E-state index is 6.83. The van der Waals surface area contributed by atoms with Gasteiger partial charge in [-0.3, -0.25) is 0 Å². The highest BCUT2D eigenvalue weighted by molar-refractivity contribution is 5.97. The fourth-order valence-corrected chi connectivity index (χ4v) is 10.0. The van der Waals surface area contributed by atoms with Gasteiger partial charge in [0.2, 0.25) is 6.33 Å². The van der Waals surface area contributed by atoms with Gasteiger partial charge in [0.25, 0.3) is 0 Å². The molecule has 7 aromatic rings. The third-order valence-corrected chi connectivity index (χ3v) is 12.9. The Morgan fingerprint density at radius 3 is 1.71 bits per heavy atom. The first-order valence-electron chi connectivity index (χ1n) is 21.4. The highest BCUT2D eigenvalue weighted by Crippen LogP contribution is 2.64. The second-order valence-corrected chi connectivity index (χ2v) is 21.5. The van der Waals surface area contributed by atoms with Crippen LogP contribution in [0.4, 0.5) is 0 Å². The van der Waals surface area contributed by atoms with E-state index >= 15 is 0 Å². The van der Waals surface area contributed by atoms with Crippen LogP contribution in [-0.2, 0) is 34.1 Å². The Labute approximate surface area is 351 Å². The monoisotopic (exact) mass is 781 g/mol. The van der Waals surface area contributed by atoms with Crippen LogP contribution >= 0.6 is 0 Å². The van der Waals surface area contributed by atoms with Crippen LogP contribution in [0.15, 0.2) is 97.3 Å². The van der Waals surface area contributed by atoms with Gasteiger partial charge in [0, 0.05) is 29.0 Å². The van der Waals surface area contributed by atoms with E-state index in [-0.39, 0.29) is 21.7 Å². The molecule has 59 heavy (non-hydrogen) atoms. The number of ether oxygens (including phenoxy) is 1. The van der Waals surface area contributed by atoms with Gasteiger partial charge in [-0.1, -0.05) is 126 Å². The Balaban J connectivity index is 1.42. The Morgan fingerprint density at radius 1 is 0.593 bits per heavy atom. The number of benzene rings is 5. The maximum Gasteiger partial charge on any atom is 0.249 e. The highest BCUT2D eigenvalue weighted by atomic mass is 16.5. The molecule has 0 atom stereocenters. The number of hydrogen-bond acceptors (Lipinski definition) is 2. The van der Waals surface area contributed by atoms with E-state index in [1.54, 1.807) is 0 Å². The SMILES string of the molecule is Cc1cc(C)n(-c2cccc(Oc3ccc4c(c3)-n3c[n+](C)c5cccc(c53)C43c4c(cc(C(C)(C)C)cc4C(C)(C)C)-c4cc(C(C)(C)C)cc(C(C)(C)C)c43)c2)n1. The van der Waals surface area contributed by atoms with Crippen LogP contribution in [0, 0.1) is 13.8 Å². The summed E-state index contributed by atoms with van der Waals surface area (Å²) in [7, 11) is 2.17. The Morgan fingerprint density at radius 2 is 1.17 bits per heavy atom. The van der Waals surface area contributed by atoms with E-state index in [1.165, 1.54) is 66.7 Å². The number of aromatic nitrogens is 4. The van der Waals surface area contributed by atoms with Crippen molar-refractivity contribution in [3.05, 3.63) is 153 Å². The number of fused-ring (bicyclic) bond motifs is 9. The van der Waals surface area contributed by atoms with E-state index in [2.05, 4.69) is 191 Å². The molecule has 9 rings (SSSR count). The molecule has 2 aliphatic rings. The van der Waals surface area contributed by atoms with Crippen molar-refractivity contribution in [2.24, 2.45) is 7.05 Å². The molecule has 1 spiro atoms. The lowest BCUT2D eigenvalue weighted by atomic mass is 9.60. The van der Waals surface area contributed by atoms with Crippen molar-refractivity contribution in [1.29, 1.82) is 0 Å². The van der Waals surface area contributed by atoms with Crippen LogP contribution < -0.4 is 9.30 Å². The van der Waals surface area contributed by atoms with E-state index in [4.69, 9.17) is 9.84 Å². The van der Waals surface area contributed by atoms with Crippen molar-refractivity contribution < 1.29 is 9.30 Å². The predicted molar refractivity (Wildman–Crippen MR) is 243 cm³/mol. The molecule has 5 heteroatoms. The van der Waals surface area contributed by atoms with Gasteiger partial charge in [-0.25, -0.2) is 9.25 Å². The van der Waals surface area contributed by atoms with E-state index < -0.39 is 5.41 Å². The lowest BCUT2D eigenvalue weighted by molar-refractivity contribution is -0.645. The molecule has 0 bridgehead atoms. The molecule has 5 nitrogen and oxygen atoms in total. The molecule has 1 aliphatic heterocycles. The molecule has 1 aliphatic carbocycles. The first-order chi connectivity index (χ1) is 27.5. The van der Waals surface area contributed by atoms with Gasteiger partial charge in [0.1, 0.15) is 17.2 Å². The number of hydrogen-bond donors (Lipinski definition) is 0. The largest absolute Gasteiger partial charge is 0.457 e. The first-order valence-corrected chi connectivity index (χ1v) is 21.4. The van der Waals surface area contributed by atoms with E-state index in [1.807, 2.05) is 23.7 Å². The molecular formula is C54H61N4O+. The second-order valence-electron chi connectivity index (χ2n) is 21.5. The zero-order valence-electron chi connectivity index (χ0n) is 37.9. The molecule has 2 aromatic heterocycles. The van der Waals surface area contributed by atoms with Gasteiger partial charge < -0.3 is 4.74 Å². The van der Waals surface area contributed by atoms with Crippen molar-refractivity contribution in [2.45, 2.75) is 124 Å². The number of rotatable bonds is 3. The van der Waals surface area contributed by atoms with E-state index in [9.17, 15) is 0 Å². The second kappa shape index (κ2) is 12.5. The van der Waals surface area contributed by atoms with Gasteiger partial charge in [-0.2, -0.15) is 9.67 Å². The van der Waals surface area contributed by atoms with Crippen LogP contribution in [0.5, 0.6) is 11.5 Å². The quantitative estimate of drug-likeness (QED) is 0.167. The molecule has 302 valence electrons. The summed E-state index contributed by atoms with van der Waals surface area (Å²) in [5.74, 6) is 1.57. The normalized spacial score (nSPS) is 14.5. The average Bonchev–Trinajstić information content (AvgIpc) is 3.77. The molecule has 0 radical (unpaired) electrons. The minimum atomic E-state index is -0.604. The summed E-state index contributed by atoms with van der Waals surface area (Å²) in [4.78, 5) is 0. The highest BCUT2D eigenvalue weighted by Gasteiger charge is 2.56. The van der Waals surface area contributed by atoms with Crippen LogP contribution in [0.2, 0.25) is 0 Å². The Bertz CT molecular complexity index is 2790. The standard InChI is InChI=1S/C54H61N4O/c1-32-24-33(2)58(55-32)36-18-16-19-37(29-36)59-38-22-23-41-46(30-38)57-31-56(15)45-21-17-20-42(49(45)57)54(41)47-39(25-34(50(3,4)5)27-43(47)52(9,10)11)40-26-35(51(6,7)8)28-44(48(40)54)53(12,13)14/h16-31H,1-15H3/q+1. The van der Waals surface area contributed by atoms with Gasteiger partial charge in [0.15, 0.2) is 11.0 Å². The Kier molecular flexibility index (Phi) is 8.31. The minimum absolute atomic E-state index is 0.0368. The van der Waals surface area contributed by atoms with Gasteiger partial charge in [0.05, 0.1) is 23.8 Å². The van der Waals surface area contributed by atoms with Crippen LogP contribution in [-0.4, -0.2) is 14.3 Å². The van der Waals surface area contributed by atoms with E-state index in [0.29, 0.717) is 0 Å². The molecule has 0 N–H and O–H groups in total. The van der Waals surface area contributed by atoms with Crippen LogP contribution in [0.3, 0.4) is 0 Å². The van der Waals surface area contributed by atoms with Gasteiger partial charge in [-0.15, -0.1) is 0 Å². The lowest BCUT2D eigenvalue weighted by Crippen LogP contribution is -2.38. The summed E-state index contributed by atoms with van der Waals surface area (Å²) in [6.45, 7) is 32.7. The Hall–Kier alpha value is -5.42. The number of aryl methyl sites for hydroxylation is 3. The van der Waals surface area contributed by atoms with Crippen LogP contribution in [0.25, 0.3) is 33.5 Å².